The van der Waals surface area contributed by atoms with Crippen molar-refractivity contribution >= 4 is 17.6 Å². The molecule has 1 saturated carbocycles. The zero-order valence-corrected chi connectivity index (χ0v) is 9.21. The maximum Gasteiger partial charge on any atom is 0.304 e. The van der Waals surface area contributed by atoms with Gasteiger partial charge in [0.2, 0.25) is 0 Å². The van der Waals surface area contributed by atoms with E-state index in [1.54, 1.807) is 6.07 Å². The van der Waals surface area contributed by atoms with Crippen LogP contribution < -0.4 is 0 Å². The molecular weight excluding hydrogens is 214 g/mol. The summed E-state index contributed by atoms with van der Waals surface area (Å²) in [6.45, 7) is 1.87. The Kier molecular flexibility index (Phi) is 2.43. The first-order valence-electron chi connectivity index (χ1n) is 4.88. The second-order valence-corrected chi connectivity index (χ2v) is 4.56. The average molecular weight is 226 g/mol. The molecule has 0 aliphatic heterocycles. The van der Waals surface area contributed by atoms with Gasteiger partial charge in [-0.2, -0.15) is 0 Å². The van der Waals surface area contributed by atoms with E-state index in [0.29, 0.717) is 5.15 Å². The van der Waals surface area contributed by atoms with Gasteiger partial charge in [-0.15, -0.1) is 0 Å². The van der Waals surface area contributed by atoms with Gasteiger partial charge in [0, 0.05) is 11.1 Å². The molecule has 0 spiro atoms. The van der Waals surface area contributed by atoms with Crippen LogP contribution in [0.3, 0.4) is 0 Å². The van der Waals surface area contributed by atoms with Crippen LogP contribution in [0.5, 0.6) is 0 Å². The highest BCUT2D eigenvalue weighted by Crippen LogP contribution is 2.51. The molecule has 0 saturated heterocycles. The van der Waals surface area contributed by atoms with Crippen molar-refractivity contribution in [1.29, 1.82) is 0 Å². The molecular formula is C11H12ClNO2. The smallest absolute Gasteiger partial charge is 0.304 e. The van der Waals surface area contributed by atoms with E-state index < -0.39 is 5.97 Å². The van der Waals surface area contributed by atoms with E-state index in [1.807, 2.05) is 13.0 Å². The summed E-state index contributed by atoms with van der Waals surface area (Å²) in [7, 11) is 0. The summed E-state index contributed by atoms with van der Waals surface area (Å²) in [5.41, 5.74) is 1.68. The predicted molar refractivity (Wildman–Crippen MR) is 57.1 cm³/mol. The summed E-state index contributed by atoms with van der Waals surface area (Å²) in [4.78, 5) is 14.8. The van der Waals surface area contributed by atoms with Crippen molar-refractivity contribution in [2.24, 2.45) is 0 Å². The van der Waals surface area contributed by atoms with E-state index in [0.717, 1.165) is 24.1 Å². The van der Waals surface area contributed by atoms with E-state index in [-0.39, 0.29) is 11.8 Å². The Balaban J connectivity index is 2.32. The lowest BCUT2D eigenvalue weighted by molar-refractivity contribution is -0.137. The molecule has 4 heteroatoms. The summed E-state index contributed by atoms with van der Waals surface area (Å²) < 4.78 is 0. The van der Waals surface area contributed by atoms with Gasteiger partial charge in [0.05, 0.1) is 6.42 Å². The largest absolute Gasteiger partial charge is 0.481 e. The first-order valence-corrected chi connectivity index (χ1v) is 5.26. The van der Waals surface area contributed by atoms with E-state index >= 15 is 0 Å². The van der Waals surface area contributed by atoms with Crippen LogP contribution >= 0.6 is 11.6 Å². The van der Waals surface area contributed by atoms with Gasteiger partial charge in [0.1, 0.15) is 5.15 Å². The van der Waals surface area contributed by atoms with Crippen LogP contribution in [0, 0.1) is 6.92 Å². The highest BCUT2D eigenvalue weighted by atomic mass is 35.5. The maximum atomic E-state index is 10.7. The van der Waals surface area contributed by atoms with Crippen LogP contribution in [-0.4, -0.2) is 16.1 Å². The number of carboxylic acid groups (broad SMARTS) is 1. The van der Waals surface area contributed by atoms with Crippen LogP contribution in [0.25, 0.3) is 0 Å². The van der Waals surface area contributed by atoms with Crippen molar-refractivity contribution in [1.82, 2.24) is 4.98 Å². The van der Waals surface area contributed by atoms with E-state index in [9.17, 15) is 4.79 Å². The van der Waals surface area contributed by atoms with Gasteiger partial charge in [-0.05, 0) is 37.5 Å². The number of carbonyl (C=O) groups is 1. The second kappa shape index (κ2) is 3.49. The molecule has 0 bridgehead atoms. The van der Waals surface area contributed by atoms with E-state index in [4.69, 9.17) is 16.7 Å². The number of halogens is 1. The van der Waals surface area contributed by atoms with Gasteiger partial charge < -0.3 is 5.11 Å². The van der Waals surface area contributed by atoms with Crippen molar-refractivity contribution in [2.75, 3.05) is 0 Å². The predicted octanol–water partition coefficient (Wildman–Crippen LogP) is 2.55. The Morgan fingerprint density at radius 1 is 1.60 bits per heavy atom. The van der Waals surface area contributed by atoms with Crippen molar-refractivity contribution in [3.63, 3.8) is 0 Å². The quantitative estimate of drug-likeness (QED) is 0.805. The fourth-order valence-electron chi connectivity index (χ4n) is 1.94. The Morgan fingerprint density at radius 3 is 2.73 bits per heavy atom. The van der Waals surface area contributed by atoms with Crippen LogP contribution in [0.15, 0.2) is 12.1 Å². The number of pyridine rings is 1. The van der Waals surface area contributed by atoms with Gasteiger partial charge in [0.15, 0.2) is 0 Å². The van der Waals surface area contributed by atoms with Crippen LogP contribution in [0.1, 0.15) is 30.5 Å². The third-order valence-corrected chi connectivity index (χ3v) is 3.07. The monoisotopic (exact) mass is 225 g/mol. The molecule has 0 radical (unpaired) electrons. The van der Waals surface area contributed by atoms with E-state index in [1.165, 1.54) is 0 Å². The molecule has 1 fully saturated rings. The number of aliphatic carboxylic acids is 1. The van der Waals surface area contributed by atoms with Crippen molar-refractivity contribution in [3.8, 4) is 0 Å². The summed E-state index contributed by atoms with van der Waals surface area (Å²) in [6.07, 6.45) is 2.05. The molecule has 1 aliphatic rings. The highest BCUT2D eigenvalue weighted by molar-refractivity contribution is 6.29. The molecule has 3 nitrogen and oxygen atoms in total. The number of nitrogens with zero attached hydrogens (tertiary/aromatic N) is 1. The van der Waals surface area contributed by atoms with Crippen molar-refractivity contribution in [3.05, 3.63) is 28.5 Å². The number of aryl methyl sites for hydroxylation is 1. The second-order valence-electron chi connectivity index (χ2n) is 4.17. The minimum atomic E-state index is -0.752. The summed E-state index contributed by atoms with van der Waals surface area (Å²) in [6, 6.07) is 3.71. The lowest BCUT2D eigenvalue weighted by Crippen LogP contribution is -2.13. The lowest BCUT2D eigenvalue weighted by Gasteiger charge is -2.13. The first-order chi connectivity index (χ1) is 7.02. The zero-order valence-electron chi connectivity index (χ0n) is 8.46. The summed E-state index contributed by atoms with van der Waals surface area (Å²) in [5.74, 6) is -0.752. The Hall–Kier alpha value is -1.09. The molecule has 1 aliphatic carbocycles. The number of carboxylic acids is 1. The normalized spacial score (nSPS) is 17.5. The number of rotatable bonds is 3. The van der Waals surface area contributed by atoms with Gasteiger partial charge in [-0.25, -0.2) is 4.98 Å². The van der Waals surface area contributed by atoms with Crippen LogP contribution in [-0.2, 0) is 10.2 Å². The fraction of sp³-hybridized carbons (Fsp3) is 0.455. The minimum Gasteiger partial charge on any atom is -0.481 e. The third-order valence-electron chi connectivity index (χ3n) is 2.88. The minimum absolute atomic E-state index is 0.177. The topological polar surface area (TPSA) is 50.2 Å². The van der Waals surface area contributed by atoms with Gasteiger partial charge in [0.25, 0.3) is 0 Å². The molecule has 1 N–H and O–H groups in total. The van der Waals surface area contributed by atoms with E-state index in [2.05, 4.69) is 4.98 Å². The molecule has 1 aromatic heterocycles. The van der Waals surface area contributed by atoms with Gasteiger partial charge in [-0.3, -0.25) is 4.79 Å². The standard InChI is InChI=1S/C11H12ClNO2/c1-7-4-8(5-9(12)13-7)11(2-3-11)6-10(14)15/h4-5H,2-3,6H2,1H3,(H,14,15). The lowest BCUT2D eigenvalue weighted by atomic mass is 9.93. The number of hydrogen-bond acceptors (Lipinski definition) is 2. The molecule has 1 aromatic rings. The highest BCUT2D eigenvalue weighted by Gasteiger charge is 2.46. The molecule has 0 unspecified atom stereocenters. The Morgan fingerprint density at radius 2 is 2.27 bits per heavy atom. The first kappa shape index (κ1) is 10.4. The summed E-state index contributed by atoms with van der Waals surface area (Å²) in [5, 5.41) is 9.29. The molecule has 0 aromatic carbocycles. The molecule has 15 heavy (non-hydrogen) atoms. The zero-order chi connectivity index (χ0) is 11.1. The number of aromatic nitrogens is 1. The van der Waals surface area contributed by atoms with Crippen molar-refractivity contribution in [2.45, 2.75) is 31.6 Å². The van der Waals surface area contributed by atoms with Gasteiger partial charge in [-0.1, -0.05) is 11.6 Å². The fourth-order valence-corrected chi connectivity index (χ4v) is 2.19. The SMILES string of the molecule is Cc1cc(C2(CC(=O)O)CC2)cc(Cl)n1. The molecule has 0 atom stereocenters. The maximum absolute atomic E-state index is 10.7. The molecule has 2 rings (SSSR count). The molecule has 0 amide bonds. The van der Waals surface area contributed by atoms with Crippen LogP contribution in [0.4, 0.5) is 0 Å². The summed E-state index contributed by atoms with van der Waals surface area (Å²) >= 11 is 5.86. The Bertz CT molecular complexity index is 393. The Labute approximate surface area is 93.1 Å². The van der Waals surface area contributed by atoms with Gasteiger partial charge >= 0.3 is 5.97 Å². The number of hydrogen-bond donors (Lipinski definition) is 1. The molecule has 80 valence electrons. The average Bonchev–Trinajstić information content (AvgIpc) is 2.82. The van der Waals surface area contributed by atoms with Crippen LogP contribution in [0.2, 0.25) is 5.15 Å². The molecule has 1 heterocycles. The van der Waals surface area contributed by atoms with Crippen molar-refractivity contribution < 1.29 is 9.90 Å². The third kappa shape index (κ3) is 2.12.